The van der Waals surface area contributed by atoms with Crippen LogP contribution in [0, 0.1) is 13.8 Å². The van der Waals surface area contributed by atoms with Gasteiger partial charge in [0, 0.05) is 16.6 Å². The lowest BCUT2D eigenvalue weighted by Crippen LogP contribution is -2.57. The summed E-state index contributed by atoms with van der Waals surface area (Å²) in [5.41, 5.74) is 14.9. The summed E-state index contributed by atoms with van der Waals surface area (Å²) >= 11 is 0. The molecule has 47 heavy (non-hydrogen) atoms. The van der Waals surface area contributed by atoms with Gasteiger partial charge in [0.25, 0.3) is 6.71 Å². The predicted octanol–water partition coefficient (Wildman–Crippen LogP) is 9.70. The van der Waals surface area contributed by atoms with Crippen molar-refractivity contribution in [2.75, 3.05) is 0 Å². The minimum Gasteiger partial charge on any atom is -0.458 e. The van der Waals surface area contributed by atoms with Crippen molar-refractivity contribution in [1.29, 1.82) is 0 Å². The van der Waals surface area contributed by atoms with E-state index in [4.69, 9.17) is 9.47 Å². The summed E-state index contributed by atoms with van der Waals surface area (Å²) in [4.78, 5) is 0. The van der Waals surface area contributed by atoms with Crippen molar-refractivity contribution >= 4 is 23.1 Å². The molecule has 0 aliphatic carbocycles. The van der Waals surface area contributed by atoms with Gasteiger partial charge in [0.05, 0.1) is 0 Å². The van der Waals surface area contributed by atoms with Crippen molar-refractivity contribution in [3.8, 4) is 67.5 Å². The van der Waals surface area contributed by atoms with Crippen LogP contribution in [0.1, 0.15) is 11.1 Å². The molecule has 7 aromatic rings. The van der Waals surface area contributed by atoms with Gasteiger partial charge >= 0.3 is 0 Å². The van der Waals surface area contributed by atoms with Crippen LogP contribution in [0.25, 0.3) is 44.5 Å². The zero-order chi connectivity index (χ0) is 31.5. The first-order valence-electron chi connectivity index (χ1n) is 16.2. The van der Waals surface area contributed by atoms with E-state index in [0.29, 0.717) is 0 Å². The van der Waals surface area contributed by atoms with Crippen LogP contribution in [0.2, 0.25) is 0 Å². The molecule has 2 aliphatic rings. The maximum Gasteiger partial charge on any atom is 0.260 e. The third-order valence-electron chi connectivity index (χ3n) is 9.71. The molecular weight excluding hydrogens is 571 g/mol. The lowest BCUT2D eigenvalue weighted by atomic mass is 9.34. The fourth-order valence-electron chi connectivity index (χ4n) is 7.35. The van der Waals surface area contributed by atoms with E-state index in [1.54, 1.807) is 0 Å². The summed E-state index contributed by atoms with van der Waals surface area (Å²) < 4.78 is 14.1. The number of rotatable bonds is 4. The predicted molar refractivity (Wildman–Crippen MR) is 195 cm³/mol. The van der Waals surface area contributed by atoms with Crippen LogP contribution in [-0.2, 0) is 0 Å². The number of fused-ring (bicyclic) bond motifs is 4. The van der Waals surface area contributed by atoms with Crippen molar-refractivity contribution in [1.82, 2.24) is 0 Å². The Balaban J connectivity index is 1.38. The molecule has 0 amide bonds. The summed E-state index contributed by atoms with van der Waals surface area (Å²) in [5, 5.41) is 0. The Morgan fingerprint density at radius 3 is 1.26 bits per heavy atom. The molecule has 0 bridgehead atoms. The Kier molecular flexibility index (Phi) is 6.40. The van der Waals surface area contributed by atoms with Crippen LogP contribution in [0.15, 0.2) is 152 Å². The average molecular weight is 603 g/mol. The van der Waals surface area contributed by atoms with Crippen LogP contribution < -0.4 is 25.9 Å². The van der Waals surface area contributed by atoms with Crippen molar-refractivity contribution in [2.45, 2.75) is 13.8 Å². The Morgan fingerprint density at radius 2 is 0.809 bits per heavy atom. The lowest BCUT2D eigenvalue weighted by Gasteiger charge is -2.36. The second-order valence-electron chi connectivity index (χ2n) is 12.5. The van der Waals surface area contributed by atoms with Gasteiger partial charge in [0.15, 0.2) is 0 Å². The largest absolute Gasteiger partial charge is 0.458 e. The van der Waals surface area contributed by atoms with E-state index in [9.17, 15) is 0 Å². The van der Waals surface area contributed by atoms with E-state index in [1.165, 1.54) is 33.4 Å². The molecular formula is C44H31BO2. The highest BCUT2D eigenvalue weighted by Crippen LogP contribution is 2.47. The van der Waals surface area contributed by atoms with Crippen LogP contribution in [0.4, 0.5) is 0 Å². The number of hydrogen-bond donors (Lipinski definition) is 0. The second kappa shape index (κ2) is 10.9. The Hall–Kier alpha value is -5.80. The van der Waals surface area contributed by atoms with E-state index in [-0.39, 0.29) is 6.71 Å². The average Bonchev–Trinajstić information content (AvgIpc) is 3.12. The SMILES string of the molecule is Cc1ccccc1-c1cc(-c2ccccc2C)c2c3c1Oc1ccc(-c4ccccc4)cc1B3c1cc(-c3ccccc3)ccc1O2. The molecule has 0 radical (unpaired) electrons. The highest BCUT2D eigenvalue weighted by molar-refractivity contribution is 6.98. The molecule has 0 N–H and O–H groups in total. The molecule has 0 atom stereocenters. The standard InChI is InChI=1S/C44H31BO2/c1-28-13-9-11-19-34(28)36-27-37(35-20-12-10-14-29(35)2)44-42-43(36)46-40-23-21-32(30-15-5-3-6-16-30)25-38(40)45(42)39-26-33(22-24-41(39)47-44)31-17-7-4-8-18-31/h3-27H,1-2H3. The van der Waals surface area contributed by atoms with Crippen LogP contribution >= 0.6 is 0 Å². The molecule has 0 fully saturated rings. The Morgan fingerprint density at radius 1 is 0.383 bits per heavy atom. The van der Waals surface area contributed by atoms with Gasteiger partial charge in [-0.3, -0.25) is 0 Å². The van der Waals surface area contributed by atoms with Crippen molar-refractivity contribution in [2.24, 2.45) is 0 Å². The van der Waals surface area contributed by atoms with E-state index >= 15 is 0 Å². The molecule has 2 heterocycles. The third-order valence-corrected chi connectivity index (χ3v) is 9.71. The van der Waals surface area contributed by atoms with Gasteiger partial charge in [-0.1, -0.05) is 133 Å². The number of hydrogen-bond acceptors (Lipinski definition) is 2. The van der Waals surface area contributed by atoms with Gasteiger partial charge in [-0.05, 0) is 87.5 Å². The van der Waals surface area contributed by atoms with Gasteiger partial charge < -0.3 is 9.47 Å². The zero-order valence-corrected chi connectivity index (χ0v) is 26.3. The molecule has 222 valence electrons. The van der Waals surface area contributed by atoms with Crippen molar-refractivity contribution in [3.63, 3.8) is 0 Å². The first kappa shape index (κ1) is 27.5. The lowest BCUT2D eigenvalue weighted by molar-refractivity contribution is 0.467. The Labute approximate surface area is 276 Å². The number of benzene rings is 7. The normalized spacial score (nSPS) is 12.3. The fourth-order valence-corrected chi connectivity index (χ4v) is 7.35. The van der Waals surface area contributed by atoms with Gasteiger partial charge in [-0.2, -0.15) is 0 Å². The summed E-state index contributed by atoms with van der Waals surface area (Å²) in [6.07, 6.45) is 0. The first-order chi connectivity index (χ1) is 23.1. The van der Waals surface area contributed by atoms with E-state index < -0.39 is 0 Å². The maximum absolute atomic E-state index is 7.03. The number of ether oxygens (including phenoxy) is 2. The fraction of sp³-hybridized carbons (Fsp3) is 0.0455. The molecule has 3 heteroatoms. The molecule has 0 spiro atoms. The summed E-state index contributed by atoms with van der Waals surface area (Å²) in [5.74, 6) is 3.49. The summed E-state index contributed by atoms with van der Waals surface area (Å²) in [7, 11) is 0. The third kappa shape index (κ3) is 4.50. The van der Waals surface area contributed by atoms with Crippen LogP contribution in [0.3, 0.4) is 0 Å². The summed E-state index contributed by atoms with van der Waals surface area (Å²) in [6.45, 7) is 4.26. The van der Waals surface area contributed by atoms with Gasteiger partial charge in [-0.15, -0.1) is 0 Å². The molecule has 9 rings (SSSR count). The summed E-state index contributed by atoms with van der Waals surface area (Å²) in [6, 6.07) is 53.9. The second-order valence-corrected chi connectivity index (χ2v) is 12.5. The maximum atomic E-state index is 7.03. The molecule has 0 saturated carbocycles. The minimum atomic E-state index is -0.0911. The molecule has 0 saturated heterocycles. The molecule has 7 aromatic carbocycles. The molecule has 2 nitrogen and oxygen atoms in total. The molecule has 2 aliphatic heterocycles. The van der Waals surface area contributed by atoms with Crippen LogP contribution in [-0.4, -0.2) is 6.71 Å². The van der Waals surface area contributed by atoms with E-state index in [0.717, 1.165) is 61.6 Å². The minimum absolute atomic E-state index is 0.0911. The van der Waals surface area contributed by atoms with Gasteiger partial charge in [-0.25, -0.2) is 0 Å². The molecule has 0 unspecified atom stereocenters. The van der Waals surface area contributed by atoms with Crippen molar-refractivity contribution < 1.29 is 9.47 Å². The smallest absolute Gasteiger partial charge is 0.260 e. The number of aryl methyl sites for hydroxylation is 2. The van der Waals surface area contributed by atoms with Gasteiger partial charge in [0.1, 0.15) is 23.0 Å². The first-order valence-corrected chi connectivity index (χ1v) is 16.2. The van der Waals surface area contributed by atoms with Crippen LogP contribution in [0.5, 0.6) is 23.0 Å². The van der Waals surface area contributed by atoms with Gasteiger partial charge in [0.2, 0.25) is 0 Å². The molecule has 0 aromatic heterocycles. The monoisotopic (exact) mass is 602 g/mol. The van der Waals surface area contributed by atoms with E-state index in [2.05, 4.69) is 166 Å². The highest BCUT2D eigenvalue weighted by Gasteiger charge is 2.43. The quantitative estimate of drug-likeness (QED) is 0.187. The zero-order valence-electron chi connectivity index (χ0n) is 26.3. The highest BCUT2D eigenvalue weighted by atomic mass is 16.5. The Bertz CT molecular complexity index is 2160. The topological polar surface area (TPSA) is 18.5 Å². The van der Waals surface area contributed by atoms with Crippen molar-refractivity contribution in [3.05, 3.63) is 163 Å². The van der Waals surface area contributed by atoms with E-state index in [1.807, 2.05) is 0 Å².